The van der Waals surface area contributed by atoms with Gasteiger partial charge in [-0.05, 0) is 19.1 Å². The average molecular weight is 265 g/mol. The van der Waals surface area contributed by atoms with E-state index in [1.54, 1.807) is 12.3 Å². The van der Waals surface area contributed by atoms with E-state index in [0.717, 1.165) is 38.5 Å². The summed E-state index contributed by atoms with van der Waals surface area (Å²) >= 11 is 0. The van der Waals surface area contributed by atoms with Gasteiger partial charge >= 0.3 is 5.97 Å². The molecular formula is C13H19N3O3. The maximum absolute atomic E-state index is 10.7. The minimum Gasteiger partial charge on any atom is -0.477 e. The van der Waals surface area contributed by atoms with Gasteiger partial charge in [-0.2, -0.15) is 0 Å². The first kappa shape index (κ1) is 13.8. The summed E-state index contributed by atoms with van der Waals surface area (Å²) < 4.78 is 5.31. The summed E-state index contributed by atoms with van der Waals surface area (Å²) in [6, 6.07) is 3.52. The zero-order valence-corrected chi connectivity index (χ0v) is 11.0. The highest BCUT2D eigenvalue weighted by atomic mass is 16.5. The van der Waals surface area contributed by atoms with Gasteiger partial charge in [0.25, 0.3) is 0 Å². The minimum absolute atomic E-state index is 0.0615. The Morgan fingerprint density at radius 3 is 2.84 bits per heavy atom. The lowest BCUT2D eigenvalue weighted by Gasteiger charge is -2.29. The summed E-state index contributed by atoms with van der Waals surface area (Å²) in [7, 11) is 0. The zero-order valence-electron chi connectivity index (χ0n) is 11.0. The van der Waals surface area contributed by atoms with Gasteiger partial charge in [0.05, 0.1) is 25.1 Å². The molecule has 1 aromatic heterocycles. The van der Waals surface area contributed by atoms with Crippen LogP contribution >= 0.6 is 0 Å². The summed E-state index contributed by atoms with van der Waals surface area (Å²) in [5, 5.41) is 12.1. The van der Waals surface area contributed by atoms with Crippen LogP contribution in [0.15, 0.2) is 18.3 Å². The first-order valence-corrected chi connectivity index (χ1v) is 6.41. The van der Waals surface area contributed by atoms with Gasteiger partial charge < -0.3 is 15.2 Å². The molecule has 6 nitrogen and oxygen atoms in total. The number of aromatic carboxylic acids is 1. The monoisotopic (exact) mass is 265 g/mol. The maximum Gasteiger partial charge on any atom is 0.354 e. The molecule has 1 unspecified atom stereocenters. The Balaban J connectivity index is 1.83. The van der Waals surface area contributed by atoms with Crippen LogP contribution in [-0.4, -0.2) is 59.8 Å². The van der Waals surface area contributed by atoms with Crippen LogP contribution in [0, 0.1) is 0 Å². The molecule has 0 aromatic carbocycles. The Morgan fingerprint density at radius 2 is 2.26 bits per heavy atom. The van der Waals surface area contributed by atoms with Gasteiger partial charge in [0.15, 0.2) is 0 Å². The highest BCUT2D eigenvalue weighted by Crippen LogP contribution is 2.09. The lowest BCUT2D eigenvalue weighted by atomic mass is 10.2. The van der Waals surface area contributed by atoms with E-state index in [2.05, 4.69) is 22.1 Å². The molecule has 104 valence electrons. The second-order valence-corrected chi connectivity index (χ2v) is 4.70. The van der Waals surface area contributed by atoms with Gasteiger partial charge in [-0.25, -0.2) is 9.78 Å². The molecule has 0 saturated carbocycles. The van der Waals surface area contributed by atoms with Crippen molar-refractivity contribution >= 4 is 11.7 Å². The third kappa shape index (κ3) is 4.18. The van der Waals surface area contributed by atoms with Crippen molar-refractivity contribution in [3.05, 3.63) is 24.0 Å². The van der Waals surface area contributed by atoms with Crippen molar-refractivity contribution in [3.63, 3.8) is 0 Å². The third-order valence-electron chi connectivity index (χ3n) is 3.03. The van der Waals surface area contributed by atoms with Crippen LogP contribution in [-0.2, 0) is 4.74 Å². The molecule has 1 aromatic rings. The van der Waals surface area contributed by atoms with E-state index < -0.39 is 5.97 Å². The van der Waals surface area contributed by atoms with E-state index in [1.807, 2.05) is 0 Å². The number of nitrogens with zero attached hydrogens (tertiary/aromatic N) is 2. The predicted molar refractivity (Wildman–Crippen MR) is 71.5 cm³/mol. The minimum atomic E-state index is -1.01. The van der Waals surface area contributed by atoms with Gasteiger partial charge in [0, 0.05) is 25.7 Å². The van der Waals surface area contributed by atoms with Crippen molar-refractivity contribution in [1.82, 2.24) is 9.88 Å². The number of nitrogens with one attached hydrogen (secondary N) is 1. The van der Waals surface area contributed by atoms with Crippen molar-refractivity contribution in [1.29, 1.82) is 0 Å². The summed E-state index contributed by atoms with van der Waals surface area (Å²) in [4.78, 5) is 16.9. The smallest absolute Gasteiger partial charge is 0.354 e. The molecule has 0 amide bonds. The molecule has 0 radical (unpaired) electrons. The molecular weight excluding hydrogens is 246 g/mol. The van der Waals surface area contributed by atoms with Crippen molar-refractivity contribution in [2.75, 3.05) is 38.2 Å². The third-order valence-corrected chi connectivity index (χ3v) is 3.03. The van der Waals surface area contributed by atoms with Crippen molar-refractivity contribution in [2.45, 2.75) is 13.0 Å². The largest absolute Gasteiger partial charge is 0.477 e. The maximum atomic E-state index is 10.7. The number of rotatable bonds is 5. The number of pyridine rings is 1. The molecule has 1 fully saturated rings. The lowest BCUT2D eigenvalue weighted by Crippen LogP contribution is -2.42. The van der Waals surface area contributed by atoms with E-state index in [9.17, 15) is 4.79 Å². The quantitative estimate of drug-likeness (QED) is 0.824. The summed E-state index contributed by atoms with van der Waals surface area (Å²) in [5.74, 6) is -1.01. The van der Waals surface area contributed by atoms with Crippen molar-refractivity contribution in [3.8, 4) is 0 Å². The molecule has 1 saturated heterocycles. The zero-order chi connectivity index (χ0) is 13.7. The van der Waals surface area contributed by atoms with Gasteiger partial charge in [-0.15, -0.1) is 0 Å². The molecule has 0 bridgehead atoms. The first-order valence-electron chi connectivity index (χ1n) is 6.41. The van der Waals surface area contributed by atoms with Gasteiger partial charge in [0.1, 0.15) is 5.69 Å². The Hall–Kier alpha value is -1.66. The summed E-state index contributed by atoms with van der Waals surface area (Å²) in [6.07, 6.45) is 1.55. The summed E-state index contributed by atoms with van der Waals surface area (Å²) in [5.41, 5.74) is 0.900. The standard InChI is InChI=1S/C13H19N3O3/c1-10(9-16-4-6-19-7-5-16)15-11-2-3-12(13(17)18)14-8-11/h2-3,8,10,15H,4-7,9H2,1H3,(H,17,18). The van der Waals surface area contributed by atoms with E-state index >= 15 is 0 Å². The molecule has 2 rings (SSSR count). The van der Waals surface area contributed by atoms with E-state index in [-0.39, 0.29) is 11.7 Å². The Morgan fingerprint density at radius 1 is 1.53 bits per heavy atom. The number of carboxylic acid groups (broad SMARTS) is 1. The average Bonchev–Trinajstić information content (AvgIpc) is 2.40. The molecule has 6 heteroatoms. The highest BCUT2D eigenvalue weighted by molar-refractivity contribution is 5.85. The lowest BCUT2D eigenvalue weighted by molar-refractivity contribution is 0.0368. The number of ether oxygens (including phenoxy) is 1. The Labute approximate surface area is 112 Å². The number of anilines is 1. The SMILES string of the molecule is CC(CN1CCOCC1)Nc1ccc(C(=O)O)nc1. The van der Waals surface area contributed by atoms with Crippen LogP contribution in [0.1, 0.15) is 17.4 Å². The van der Waals surface area contributed by atoms with E-state index in [0.29, 0.717) is 0 Å². The number of hydrogen-bond acceptors (Lipinski definition) is 5. The molecule has 2 N–H and O–H groups in total. The van der Waals surface area contributed by atoms with Crippen LogP contribution in [0.2, 0.25) is 0 Å². The molecule has 1 aliphatic rings. The highest BCUT2D eigenvalue weighted by Gasteiger charge is 2.13. The molecule has 0 aliphatic carbocycles. The number of hydrogen-bond donors (Lipinski definition) is 2. The van der Waals surface area contributed by atoms with Crippen LogP contribution in [0.5, 0.6) is 0 Å². The Bertz CT molecular complexity index is 416. The van der Waals surface area contributed by atoms with Crippen LogP contribution < -0.4 is 5.32 Å². The molecule has 2 heterocycles. The van der Waals surface area contributed by atoms with Crippen molar-refractivity contribution in [2.24, 2.45) is 0 Å². The van der Waals surface area contributed by atoms with E-state index in [4.69, 9.17) is 9.84 Å². The molecule has 0 spiro atoms. The topological polar surface area (TPSA) is 74.7 Å². The van der Waals surface area contributed by atoms with Gasteiger partial charge in [-0.1, -0.05) is 0 Å². The normalized spacial score (nSPS) is 17.9. The molecule has 19 heavy (non-hydrogen) atoms. The fourth-order valence-electron chi connectivity index (χ4n) is 2.11. The van der Waals surface area contributed by atoms with Crippen LogP contribution in [0.3, 0.4) is 0 Å². The first-order chi connectivity index (χ1) is 9.15. The van der Waals surface area contributed by atoms with Crippen molar-refractivity contribution < 1.29 is 14.6 Å². The molecule has 1 aliphatic heterocycles. The number of carbonyl (C=O) groups is 1. The predicted octanol–water partition coefficient (Wildman–Crippen LogP) is 0.912. The number of carboxylic acids is 1. The fourth-order valence-corrected chi connectivity index (χ4v) is 2.11. The van der Waals surface area contributed by atoms with Gasteiger partial charge in [0.2, 0.25) is 0 Å². The Kier molecular flexibility index (Phi) is 4.70. The number of aromatic nitrogens is 1. The number of morpholine rings is 1. The molecule has 1 atom stereocenters. The second kappa shape index (κ2) is 6.49. The summed E-state index contributed by atoms with van der Waals surface area (Å²) in [6.45, 7) is 6.54. The van der Waals surface area contributed by atoms with E-state index in [1.165, 1.54) is 6.07 Å². The van der Waals surface area contributed by atoms with Gasteiger partial charge in [-0.3, -0.25) is 4.90 Å². The fraction of sp³-hybridized carbons (Fsp3) is 0.538. The second-order valence-electron chi connectivity index (χ2n) is 4.70. The van der Waals surface area contributed by atoms with Crippen LogP contribution in [0.25, 0.3) is 0 Å². The van der Waals surface area contributed by atoms with Crippen LogP contribution in [0.4, 0.5) is 5.69 Å².